The van der Waals surface area contributed by atoms with Gasteiger partial charge >= 0.3 is 5.97 Å². The molecule has 1 saturated heterocycles. The molecule has 5 aromatic rings. The van der Waals surface area contributed by atoms with Crippen LogP contribution in [0.2, 0.25) is 0 Å². The summed E-state index contributed by atoms with van der Waals surface area (Å²) < 4.78 is 35.1. The predicted molar refractivity (Wildman–Crippen MR) is 204 cm³/mol. The topological polar surface area (TPSA) is 159 Å². The zero-order valence-corrected chi connectivity index (χ0v) is 31.3. The van der Waals surface area contributed by atoms with Crippen LogP contribution >= 0.6 is 0 Å². The van der Waals surface area contributed by atoms with Crippen molar-refractivity contribution in [2.75, 3.05) is 30.3 Å². The van der Waals surface area contributed by atoms with Gasteiger partial charge in [-0.05, 0) is 99.0 Å². The number of alkyl halides is 2. The molecule has 13 nitrogen and oxygen atoms in total. The Kier molecular flexibility index (Phi) is 11.1. The highest BCUT2D eigenvalue weighted by Crippen LogP contribution is 2.36. The van der Waals surface area contributed by atoms with Crippen molar-refractivity contribution in [3.8, 4) is 11.1 Å². The molecule has 7 rings (SSSR count). The zero-order valence-electron chi connectivity index (χ0n) is 31.3. The average molecular weight is 754 g/mol. The van der Waals surface area contributed by atoms with E-state index in [-0.39, 0.29) is 48.2 Å². The van der Waals surface area contributed by atoms with E-state index < -0.39 is 12.2 Å². The Morgan fingerprint density at radius 1 is 1.00 bits per heavy atom. The van der Waals surface area contributed by atoms with Crippen molar-refractivity contribution in [1.29, 1.82) is 0 Å². The Morgan fingerprint density at radius 3 is 2.45 bits per heavy atom. The number of aliphatic hydroxyl groups excluding tert-OH is 1. The Hall–Kier alpha value is -5.38. The van der Waals surface area contributed by atoms with E-state index in [4.69, 9.17) is 4.74 Å². The van der Waals surface area contributed by atoms with Gasteiger partial charge in [0.2, 0.25) is 0 Å². The first kappa shape index (κ1) is 37.9. The van der Waals surface area contributed by atoms with Crippen LogP contribution in [0.15, 0.2) is 54.7 Å². The summed E-state index contributed by atoms with van der Waals surface area (Å²) in [7, 11) is 0. The third-order valence-corrected chi connectivity index (χ3v) is 10.0. The van der Waals surface area contributed by atoms with E-state index >= 15 is 0 Å². The quantitative estimate of drug-likeness (QED) is 0.105. The summed E-state index contributed by atoms with van der Waals surface area (Å²) in [5.74, 6) is -1.12. The molecular formula is C40H45F2N9O4. The van der Waals surface area contributed by atoms with Crippen LogP contribution in [0.1, 0.15) is 84.3 Å². The number of hydrogen-bond acceptors (Lipinski definition) is 11. The number of halogens is 2. The van der Waals surface area contributed by atoms with Crippen LogP contribution in [0, 0.1) is 13.8 Å². The summed E-state index contributed by atoms with van der Waals surface area (Å²) in [6.45, 7) is 10.0. The molecule has 4 N–H and O–H groups in total. The molecule has 0 bridgehead atoms. The largest absolute Gasteiger partial charge is 0.462 e. The average Bonchev–Trinajstić information content (AvgIpc) is 3.78. The van der Waals surface area contributed by atoms with Crippen LogP contribution in [0.3, 0.4) is 0 Å². The number of carbonyl (C=O) groups excluding carboxylic acids is 2. The molecule has 2 aliphatic heterocycles. The minimum atomic E-state index is -2.89. The SMILES string of the molecule is Cc1c(NC(=O)c2cc3n(n2)CCC[C@@H]3NCC(=O)OC(C)C)cccc1-c1cccc(Nc2nc(C(F)F)nc3cc(CN4CC[C@@H](O)C4)cnc23)c1C. The molecule has 0 radical (unpaired) electrons. The molecule has 1 amide bonds. The second-order valence-electron chi connectivity index (χ2n) is 14.4. The lowest BCUT2D eigenvalue weighted by atomic mass is 9.94. The van der Waals surface area contributed by atoms with Gasteiger partial charge in [-0.2, -0.15) is 5.10 Å². The molecule has 2 aromatic carbocycles. The maximum Gasteiger partial charge on any atom is 0.320 e. The van der Waals surface area contributed by atoms with E-state index in [2.05, 4.69) is 40.9 Å². The lowest BCUT2D eigenvalue weighted by Gasteiger charge is -2.24. The van der Waals surface area contributed by atoms with E-state index in [0.29, 0.717) is 48.5 Å². The number of aryl methyl sites for hydroxylation is 1. The fourth-order valence-electron chi connectivity index (χ4n) is 7.32. The number of anilines is 3. The fourth-order valence-corrected chi connectivity index (χ4v) is 7.32. The number of aromatic nitrogens is 5. The zero-order chi connectivity index (χ0) is 38.8. The fraction of sp³-hybridized carbons (Fsp3) is 0.400. The number of nitrogens with zero attached hydrogens (tertiary/aromatic N) is 6. The van der Waals surface area contributed by atoms with Crippen LogP contribution in [-0.2, 0) is 22.6 Å². The van der Waals surface area contributed by atoms with Gasteiger partial charge in [0.1, 0.15) is 5.52 Å². The number of esters is 1. The summed E-state index contributed by atoms with van der Waals surface area (Å²) >= 11 is 0. The summed E-state index contributed by atoms with van der Waals surface area (Å²) in [5, 5.41) is 24.0. The number of hydrogen-bond donors (Lipinski definition) is 4. The molecule has 0 unspecified atom stereocenters. The van der Waals surface area contributed by atoms with Crippen molar-refractivity contribution in [2.24, 2.45) is 0 Å². The molecule has 5 heterocycles. The number of carbonyl (C=O) groups is 2. The Bertz CT molecular complexity index is 2230. The minimum Gasteiger partial charge on any atom is -0.462 e. The van der Waals surface area contributed by atoms with Crippen LogP contribution in [0.25, 0.3) is 22.2 Å². The number of likely N-dealkylation sites (tertiary alicyclic amines) is 1. The second kappa shape index (κ2) is 16.2. The standard InChI is InChI=1S/C40H45F2N9O4/c1-22(2)55-35(53)19-43-31-12-7-14-51-34(31)17-33(49-51)40(54)47-30-11-6-9-28(24(30)4)27-8-5-10-29(23(27)3)45-38-36-32(46-39(48-38)37(41)42)16-25(18-44-36)20-50-15-13-26(52)21-50/h5-6,8-11,16-18,22,26,31,37,43,52H,7,12-15,19-21H2,1-4H3,(H,47,54)(H,45,46,48)/t26-,31+/m1/s1. The number of aliphatic hydroxyl groups is 1. The van der Waals surface area contributed by atoms with Crippen molar-refractivity contribution >= 4 is 40.1 Å². The molecule has 55 heavy (non-hydrogen) atoms. The maximum absolute atomic E-state index is 14.0. The van der Waals surface area contributed by atoms with Gasteiger partial charge in [0.05, 0.1) is 30.0 Å². The number of benzene rings is 2. The molecule has 288 valence electrons. The number of nitrogens with one attached hydrogen (secondary N) is 3. The predicted octanol–water partition coefficient (Wildman–Crippen LogP) is 6.38. The molecule has 2 atom stereocenters. The van der Waals surface area contributed by atoms with E-state index in [1.54, 1.807) is 32.2 Å². The summed E-state index contributed by atoms with van der Waals surface area (Å²) in [5.41, 5.74) is 7.25. The molecule has 0 spiro atoms. The van der Waals surface area contributed by atoms with Gasteiger partial charge in [0.15, 0.2) is 17.3 Å². The highest BCUT2D eigenvalue weighted by atomic mass is 19.3. The van der Waals surface area contributed by atoms with Gasteiger partial charge < -0.3 is 20.5 Å². The molecule has 0 aliphatic carbocycles. The first-order chi connectivity index (χ1) is 26.4. The van der Waals surface area contributed by atoms with Crippen LogP contribution < -0.4 is 16.0 Å². The van der Waals surface area contributed by atoms with Gasteiger partial charge in [-0.25, -0.2) is 18.7 Å². The summed E-state index contributed by atoms with van der Waals surface area (Å²) in [4.78, 5) is 40.7. The van der Waals surface area contributed by atoms with Crippen LogP contribution in [0.5, 0.6) is 0 Å². The van der Waals surface area contributed by atoms with Crippen molar-refractivity contribution in [1.82, 2.24) is 34.9 Å². The third-order valence-electron chi connectivity index (χ3n) is 10.0. The number of fused-ring (bicyclic) bond motifs is 2. The Morgan fingerprint density at radius 2 is 1.75 bits per heavy atom. The highest BCUT2D eigenvalue weighted by Gasteiger charge is 2.26. The minimum absolute atomic E-state index is 0.0633. The second-order valence-corrected chi connectivity index (χ2v) is 14.4. The molecular weight excluding hydrogens is 708 g/mol. The number of rotatable bonds is 12. The number of amides is 1. The van der Waals surface area contributed by atoms with Crippen LogP contribution in [0.4, 0.5) is 26.0 Å². The number of pyridine rings is 1. The Labute approximate surface area is 317 Å². The molecule has 15 heteroatoms. The van der Waals surface area contributed by atoms with Crippen molar-refractivity contribution in [3.05, 3.63) is 88.6 Å². The van der Waals surface area contributed by atoms with Gasteiger partial charge in [-0.3, -0.25) is 29.5 Å². The number of ether oxygens (including phenoxy) is 1. The van der Waals surface area contributed by atoms with E-state index in [9.17, 15) is 23.5 Å². The number of β-amino-alcohol motifs (C(OH)–C–C–N with tert-alkyl or cyclic N) is 1. The summed E-state index contributed by atoms with van der Waals surface area (Å²) in [6, 6.07) is 14.7. The first-order valence-corrected chi connectivity index (χ1v) is 18.6. The maximum atomic E-state index is 14.0. The highest BCUT2D eigenvalue weighted by molar-refractivity contribution is 6.04. The lowest BCUT2D eigenvalue weighted by Crippen LogP contribution is -2.33. The van der Waals surface area contributed by atoms with Crippen molar-refractivity contribution in [3.63, 3.8) is 0 Å². The van der Waals surface area contributed by atoms with Gasteiger partial charge in [-0.15, -0.1) is 0 Å². The van der Waals surface area contributed by atoms with Gasteiger partial charge in [0.25, 0.3) is 12.3 Å². The molecule has 2 aliphatic rings. The molecule has 1 fully saturated rings. The van der Waals surface area contributed by atoms with Crippen LogP contribution in [-0.4, -0.2) is 78.5 Å². The molecule has 0 saturated carbocycles. The Balaban J connectivity index is 1.11. The summed E-state index contributed by atoms with van der Waals surface area (Å²) in [6.07, 6.45) is 0.580. The van der Waals surface area contributed by atoms with E-state index in [0.717, 1.165) is 52.9 Å². The van der Waals surface area contributed by atoms with E-state index in [1.807, 2.05) is 54.9 Å². The first-order valence-electron chi connectivity index (χ1n) is 18.6. The smallest absolute Gasteiger partial charge is 0.320 e. The van der Waals surface area contributed by atoms with E-state index in [1.165, 1.54) is 0 Å². The van der Waals surface area contributed by atoms with Crippen molar-refractivity contribution < 1.29 is 28.2 Å². The molecule has 3 aromatic heterocycles. The van der Waals surface area contributed by atoms with Crippen molar-refractivity contribution in [2.45, 2.75) is 84.7 Å². The lowest BCUT2D eigenvalue weighted by molar-refractivity contribution is -0.146. The third kappa shape index (κ3) is 8.48. The normalized spacial score (nSPS) is 17.2. The monoisotopic (exact) mass is 753 g/mol. The van der Waals surface area contributed by atoms with Gasteiger partial charge in [0, 0.05) is 49.8 Å². The van der Waals surface area contributed by atoms with Gasteiger partial charge in [-0.1, -0.05) is 24.3 Å².